The van der Waals surface area contributed by atoms with E-state index in [0.29, 0.717) is 5.13 Å². The lowest BCUT2D eigenvalue weighted by atomic mass is 10.3. The molecule has 1 aromatic heterocycles. The van der Waals surface area contributed by atoms with Crippen LogP contribution in [-0.4, -0.2) is 17.9 Å². The molecule has 0 aliphatic rings. The van der Waals surface area contributed by atoms with Crippen LogP contribution in [-0.2, 0) is 0 Å². The van der Waals surface area contributed by atoms with E-state index in [1.54, 1.807) is 7.05 Å². The number of hydrogen-bond donors (Lipinski definition) is 3. The van der Waals surface area contributed by atoms with E-state index in [9.17, 15) is 13.6 Å². The number of halogens is 2. The van der Waals surface area contributed by atoms with Gasteiger partial charge < -0.3 is 16.4 Å². The van der Waals surface area contributed by atoms with Gasteiger partial charge in [0.1, 0.15) is 28.0 Å². The van der Waals surface area contributed by atoms with E-state index < -0.39 is 23.2 Å². The van der Waals surface area contributed by atoms with Crippen LogP contribution in [0.1, 0.15) is 9.67 Å². The van der Waals surface area contributed by atoms with Crippen LogP contribution in [0.3, 0.4) is 0 Å². The molecule has 0 unspecified atom stereocenters. The molecule has 0 aliphatic carbocycles. The Kier molecular flexibility index (Phi) is 3.61. The molecule has 19 heavy (non-hydrogen) atoms. The maximum atomic E-state index is 13.4. The highest BCUT2D eigenvalue weighted by Gasteiger charge is 2.19. The molecule has 1 heterocycles. The number of nitrogen functional groups attached to an aromatic ring is 1. The molecular weight excluding hydrogens is 274 g/mol. The van der Waals surface area contributed by atoms with E-state index in [4.69, 9.17) is 5.73 Å². The van der Waals surface area contributed by atoms with Crippen LogP contribution in [0.15, 0.2) is 18.2 Å². The first kappa shape index (κ1) is 13.2. The summed E-state index contributed by atoms with van der Waals surface area (Å²) < 4.78 is 26.8. The Morgan fingerprint density at radius 2 is 2.00 bits per heavy atom. The fourth-order valence-electron chi connectivity index (χ4n) is 1.39. The van der Waals surface area contributed by atoms with E-state index in [2.05, 4.69) is 15.6 Å². The van der Waals surface area contributed by atoms with Crippen LogP contribution in [0.4, 0.5) is 25.4 Å². The highest BCUT2D eigenvalue weighted by Crippen LogP contribution is 2.26. The van der Waals surface area contributed by atoms with Crippen LogP contribution in [0.5, 0.6) is 0 Å². The lowest BCUT2D eigenvalue weighted by Crippen LogP contribution is -2.14. The predicted octanol–water partition coefficient (Wildman–Crippen LogP) is 2.30. The van der Waals surface area contributed by atoms with Crippen molar-refractivity contribution in [2.75, 3.05) is 23.4 Å². The zero-order chi connectivity index (χ0) is 14.0. The molecule has 0 radical (unpaired) electrons. The van der Waals surface area contributed by atoms with Crippen molar-refractivity contribution in [2.45, 2.75) is 0 Å². The summed E-state index contributed by atoms with van der Waals surface area (Å²) in [4.78, 5) is 15.9. The van der Waals surface area contributed by atoms with Crippen molar-refractivity contribution in [1.82, 2.24) is 4.98 Å². The molecule has 1 amide bonds. The molecule has 1 aromatic carbocycles. The molecule has 4 N–H and O–H groups in total. The third kappa shape index (κ3) is 2.63. The minimum Gasteiger partial charge on any atom is -0.382 e. The quantitative estimate of drug-likeness (QED) is 0.808. The number of nitrogens with zero attached hydrogens (tertiary/aromatic N) is 1. The van der Waals surface area contributed by atoms with Crippen molar-refractivity contribution in [3.63, 3.8) is 0 Å². The number of carbonyl (C=O) groups excluding carboxylic acids is 1. The molecule has 2 aromatic rings. The van der Waals surface area contributed by atoms with Gasteiger partial charge in [0.25, 0.3) is 5.91 Å². The summed E-state index contributed by atoms with van der Waals surface area (Å²) in [5.41, 5.74) is 5.05. The summed E-state index contributed by atoms with van der Waals surface area (Å²) in [5.74, 6) is -2.42. The maximum absolute atomic E-state index is 13.4. The Hall–Kier alpha value is -2.22. The van der Waals surface area contributed by atoms with E-state index in [1.165, 1.54) is 6.07 Å². The van der Waals surface area contributed by atoms with Gasteiger partial charge in [-0.25, -0.2) is 13.8 Å². The average Bonchev–Trinajstić information content (AvgIpc) is 2.75. The largest absolute Gasteiger partial charge is 0.382 e. The number of carbonyl (C=O) groups is 1. The summed E-state index contributed by atoms with van der Waals surface area (Å²) >= 11 is 0.994. The molecule has 8 heteroatoms. The molecule has 100 valence electrons. The first-order chi connectivity index (χ1) is 9.02. The van der Waals surface area contributed by atoms with Gasteiger partial charge in [0.2, 0.25) is 0 Å². The number of nitrogens with one attached hydrogen (secondary N) is 2. The molecule has 0 atom stereocenters. The fraction of sp³-hybridized carbons (Fsp3) is 0.0909. The van der Waals surface area contributed by atoms with Crippen molar-refractivity contribution < 1.29 is 13.6 Å². The number of amides is 1. The number of nitrogens with two attached hydrogens (primary N) is 1. The molecule has 5 nitrogen and oxygen atoms in total. The second-order valence-corrected chi connectivity index (χ2v) is 4.53. The van der Waals surface area contributed by atoms with Gasteiger partial charge in [-0.1, -0.05) is 17.4 Å². The van der Waals surface area contributed by atoms with Crippen molar-refractivity contribution in [3.8, 4) is 0 Å². The zero-order valence-corrected chi connectivity index (χ0v) is 10.6. The van der Waals surface area contributed by atoms with Crippen molar-refractivity contribution in [1.29, 1.82) is 0 Å². The Morgan fingerprint density at radius 1 is 1.37 bits per heavy atom. The Bertz CT molecular complexity index is 609. The summed E-state index contributed by atoms with van der Waals surface area (Å²) in [5, 5.41) is 5.32. The van der Waals surface area contributed by atoms with E-state index in [1.807, 2.05) is 0 Å². The number of anilines is 3. The Morgan fingerprint density at radius 3 is 2.53 bits per heavy atom. The molecule has 2 rings (SSSR count). The monoisotopic (exact) mass is 284 g/mol. The number of benzene rings is 1. The van der Waals surface area contributed by atoms with Gasteiger partial charge >= 0.3 is 0 Å². The topological polar surface area (TPSA) is 80.0 Å². The predicted molar refractivity (Wildman–Crippen MR) is 70.4 cm³/mol. The van der Waals surface area contributed by atoms with E-state index in [0.717, 1.165) is 23.5 Å². The highest BCUT2D eigenvalue weighted by atomic mass is 32.1. The lowest BCUT2D eigenvalue weighted by Gasteiger charge is -2.06. The van der Waals surface area contributed by atoms with Gasteiger partial charge in [-0.2, -0.15) is 0 Å². The summed E-state index contributed by atoms with van der Waals surface area (Å²) in [7, 11) is 1.62. The van der Waals surface area contributed by atoms with Gasteiger partial charge in [0.05, 0.1) is 0 Å². The average molecular weight is 284 g/mol. The Balaban J connectivity index is 2.28. The molecule has 0 saturated heterocycles. The first-order valence-electron chi connectivity index (χ1n) is 5.22. The number of hydrogen-bond acceptors (Lipinski definition) is 5. The van der Waals surface area contributed by atoms with Crippen LogP contribution in [0.2, 0.25) is 0 Å². The van der Waals surface area contributed by atoms with Gasteiger partial charge in [0, 0.05) is 7.05 Å². The minimum atomic E-state index is -0.856. The summed E-state index contributed by atoms with van der Waals surface area (Å²) in [6.07, 6.45) is 0. The van der Waals surface area contributed by atoms with Crippen molar-refractivity contribution in [3.05, 3.63) is 34.7 Å². The molecule has 0 spiro atoms. The maximum Gasteiger partial charge on any atom is 0.269 e. The molecule has 0 fully saturated rings. The van der Waals surface area contributed by atoms with Crippen molar-refractivity contribution >= 4 is 33.9 Å². The van der Waals surface area contributed by atoms with Gasteiger partial charge in [-0.05, 0) is 12.1 Å². The first-order valence-corrected chi connectivity index (χ1v) is 6.04. The third-order valence-electron chi connectivity index (χ3n) is 2.27. The second-order valence-electron chi connectivity index (χ2n) is 3.53. The van der Waals surface area contributed by atoms with Crippen LogP contribution in [0.25, 0.3) is 0 Å². The molecular formula is C11H10F2N4OS. The Labute approximate surface area is 111 Å². The highest BCUT2D eigenvalue weighted by molar-refractivity contribution is 7.18. The summed E-state index contributed by atoms with van der Waals surface area (Å²) in [6.45, 7) is 0. The minimum absolute atomic E-state index is 0.00333. The van der Waals surface area contributed by atoms with Crippen LogP contribution >= 0.6 is 11.3 Å². The second kappa shape index (κ2) is 5.19. The normalized spacial score (nSPS) is 10.3. The molecule has 0 saturated carbocycles. The lowest BCUT2D eigenvalue weighted by molar-refractivity contribution is 0.103. The smallest absolute Gasteiger partial charge is 0.269 e. The zero-order valence-electron chi connectivity index (χ0n) is 9.83. The number of aromatic nitrogens is 1. The van der Waals surface area contributed by atoms with Crippen molar-refractivity contribution in [2.24, 2.45) is 0 Å². The van der Waals surface area contributed by atoms with Crippen LogP contribution < -0.4 is 16.4 Å². The van der Waals surface area contributed by atoms with Crippen LogP contribution in [0, 0.1) is 11.6 Å². The molecule has 0 bridgehead atoms. The SMILES string of the molecule is CNc1nc(N)c(C(=O)Nc2c(F)cccc2F)s1. The van der Waals surface area contributed by atoms with E-state index in [-0.39, 0.29) is 10.7 Å². The van der Waals surface area contributed by atoms with Gasteiger partial charge in [-0.15, -0.1) is 0 Å². The number of thiazole rings is 1. The standard InChI is InChI=1S/C11H10F2N4OS/c1-15-11-17-9(14)8(19-11)10(18)16-7-5(12)3-2-4-6(7)13/h2-4H,14H2,1H3,(H,15,17)(H,16,18). The van der Waals surface area contributed by atoms with Gasteiger partial charge in [-0.3, -0.25) is 4.79 Å². The molecule has 0 aliphatic heterocycles. The van der Waals surface area contributed by atoms with E-state index >= 15 is 0 Å². The van der Waals surface area contributed by atoms with Gasteiger partial charge in [0.15, 0.2) is 5.13 Å². The number of rotatable bonds is 3. The number of para-hydroxylation sites is 1. The fourth-order valence-corrected chi connectivity index (χ4v) is 2.12. The third-order valence-corrected chi connectivity index (χ3v) is 3.36. The summed E-state index contributed by atoms with van der Waals surface area (Å²) in [6, 6.07) is 3.31.